The Kier molecular flexibility index (Phi) is 4.43. The van der Waals surface area contributed by atoms with Gasteiger partial charge >= 0.3 is 0 Å². The molecule has 4 nitrogen and oxygen atoms in total. The normalized spacial score (nSPS) is 24.3. The van der Waals surface area contributed by atoms with E-state index < -0.39 is 0 Å². The van der Waals surface area contributed by atoms with Crippen LogP contribution in [-0.4, -0.2) is 37.3 Å². The zero-order chi connectivity index (χ0) is 13.1. The second-order valence-electron chi connectivity index (χ2n) is 4.83. The van der Waals surface area contributed by atoms with Crippen LogP contribution in [0.5, 0.6) is 0 Å². The second kappa shape index (κ2) is 5.87. The average molecular weight is 270 g/mol. The summed E-state index contributed by atoms with van der Waals surface area (Å²) in [7, 11) is 1.91. The van der Waals surface area contributed by atoms with Gasteiger partial charge in [0.25, 0.3) is 0 Å². The predicted octanol–water partition coefficient (Wildman–Crippen LogP) is 2.07. The lowest BCUT2D eigenvalue weighted by Gasteiger charge is -2.36. The van der Waals surface area contributed by atoms with Crippen LogP contribution in [0.3, 0.4) is 0 Å². The molecule has 1 aliphatic heterocycles. The largest absolute Gasteiger partial charge is 0.372 e. The fourth-order valence-electron chi connectivity index (χ4n) is 2.33. The molecule has 1 aromatic heterocycles. The van der Waals surface area contributed by atoms with Gasteiger partial charge in [0, 0.05) is 25.8 Å². The molecule has 1 saturated heterocycles. The first-order valence-electron chi connectivity index (χ1n) is 6.29. The van der Waals surface area contributed by atoms with E-state index in [2.05, 4.69) is 35.1 Å². The molecular weight excluding hydrogens is 250 g/mol. The van der Waals surface area contributed by atoms with Gasteiger partial charge in [0.2, 0.25) is 0 Å². The zero-order valence-corrected chi connectivity index (χ0v) is 11.9. The molecule has 1 aliphatic rings. The van der Waals surface area contributed by atoms with Crippen LogP contribution in [0.4, 0.5) is 5.82 Å². The van der Waals surface area contributed by atoms with Crippen molar-refractivity contribution in [3.63, 3.8) is 0 Å². The number of hydrogen-bond acceptors (Lipinski definition) is 4. The third-order valence-electron chi connectivity index (χ3n) is 3.03. The van der Waals surface area contributed by atoms with Crippen molar-refractivity contribution < 1.29 is 4.74 Å². The molecule has 0 unspecified atom stereocenters. The molecule has 0 bridgehead atoms. The number of aromatic nitrogens is 1. The molecule has 0 spiro atoms. The van der Waals surface area contributed by atoms with Gasteiger partial charge in [-0.05, 0) is 32.5 Å². The minimum atomic E-state index is 0.235. The Balaban J connectivity index is 2.19. The molecule has 2 rings (SSSR count). The first-order chi connectivity index (χ1) is 8.60. The number of ether oxygens (including phenoxy) is 1. The van der Waals surface area contributed by atoms with E-state index in [4.69, 9.17) is 16.3 Å². The average Bonchev–Trinajstić information content (AvgIpc) is 2.31. The van der Waals surface area contributed by atoms with E-state index in [9.17, 15) is 0 Å². The molecule has 0 saturated carbocycles. The van der Waals surface area contributed by atoms with Gasteiger partial charge in [0.05, 0.1) is 17.2 Å². The van der Waals surface area contributed by atoms with Gasteiger partial charge in [-0.15, -0.1) is 0 Å². The Bertz CT molecular complexity index is 403. The van der Waals surface area contributed by atoms with Crippen LogP contribution in [0.2, 0.25) is 5.02 Å². The van der Waals surface area contributed by atoms with E-state index in [-0.39, 0.29) is 12.2 Å². The standard InChI is InChI=1S/C13H20ClN3O/c1-9-7-17(8-10(2)18-9)13-4-11(5-15-3)12(14)6-16-13/h4,6,9-10,15H,5,7-8H2,1-3H3/t9-,10+. The third kappa shape index (κ3) is 3.13. The highest BCUT2D eigenvalue weighted by molar-refractivity contribution is 6.31. The lowest BCUT2D eigenvalue weighted by Crippen LogP contribution is -2.45. The highest BCUT2D eigenvalue weighted by Crippen LogP contribution is 2.23. The van der Waals surface area contributed by atoms with E-state index in [1.54, 1.807) is 6.20 Å². The maximum Gasteiger partial charge on any atom is 0.129 e. The SMILES string of the molecule is CNCc1cc(N2C[C@@H](C)O[C@@H](C)C2)ncc1Cl. The lowest BCUT2D eigenvalue weighted by atomic mass is 10.2. The summed E-state index contributed by atoms with van der Waals surface area (Å²) in [6.45, 7) is 6.68. The second-order valence-corrected chi connectivity index (χ2v) is 5.23. The summed E-state index contributed by atoms with van der Waals surface area (Å²) in [5, 5.41) is 3.83. The van der Waals surface area contributed by atoms with Crippen LogP contribution in [0, 0.1) is 0 Å². The summed E-state index contributed by atoms with van der Waals surface area (Å²) < 4.78 is 5.73. The molecule has 1 aromatic rings. The molecule has 0 aliphatic carbocycles. The molecule has 0 aromatic carbocycles. The van der Waals surface area contributed by atoms with Crippen LogP contribution in [0.1, 0.15) is 19.4 Å². The van der Waals surface area contributed by atoms with Crippen LogP contribution < -0.4 is 10.2 Å². The van der Waals surface area contributed by atoms with Crippen molar-refractivity contribution in [3.05, 3.63) is 22.8 Å². The maximum atomic E-state index is 6.13. The zero-order valence-electron chi connectivity index (χ0n) is 11.1. The summed E-state index contributed by atoms with van der Waals surface area (Å²) in [4.78, 5) is 6.68. The monoisotopic (exact) mass is 269 g/mol. The summed E-state index contributed by atoms with van der Waals surface area (Å²) in [6.07, 6.45) is 2.20. The maximum absolute atomic E-state index is 6.13. The number of halogens is 1. The summed E-state index contributed by atoms with van der Waals surface area (Å²) >= 11 is 6.13. The van der Waals surface area contributed by atoms with Crippen molar-refractivity contribution in [2.24, 2.45) is 0 Å². The molecule has 2 heterocycles. The molecule has 100 valence electrons. The van der Waals surface area contributed by atoms with Crippen LogP contribution >= 0.6 is 11.6 Å². The molecule has 0 radical (unpaired) electrons. The molecular formula is C13H20ClN3O. The van der Waals surface area contributed by atoms with Gasteiger partial charge in [0.15, 0.2) is 0 Å². The summed E-state index contributed by atoms with van der Waals surface area (Å²) in [6, 6.07) is 2.06. The van der Waals surface area contributed by atoms with Crippen molar-refractivity contribution in [1.82, 2.24) is 10.3 Å². The first-order valence-corrected chi connectivity index (χ1v) is 6.67. The quantitative estimate of drug-likeness (QED) is 0.912. The van der Waals surface area contributed by atoms with E-state index in [1.807, 2.05) is 7.05 Å². The van der Waals surface area contributed by atoms with Gasteiger partial charge < -0.3 is 15.0 Å². The van der Waals surface area contributed by atoms with Crippen LogP contribution in [0.15, 0.2) is 12.3 Å². The highest BCUT2D eigenvalue weighted by atomic mass is 35.5. The van der Waals surface area contributed by atoms with Crippen LogP contribution in [0.25, 0.3) is 0 Å². The third-order valence-corrected chi connectivity index (χ3v) is 3.37. The number of nitrogens with zero attached hydrogens (tertiary/aromatic N) is 2. The Morgan fingerprint density at radius 2 is 2.11 bits per heavy atom. The van der Waals surface area contributed by atoms with Crippen molar-refractivity contribution in [1.29, 1.82) is 0 Å². The molecule has 1 fully saturated rings. The van der Waals surface area contributed by atoms with E-state index >= 15 is 0 Å². The number of pyridine rings is 1. The Labute approximate surface area is 113 Å². The van der Waals surface area contributed by atoms with Crippen molar-refractivity contribution in [2.45, 2.75) is 32.6 Å². The van der Waals surface area contributed by atoms with Gasteiger partial charge in [0.1, 0.15) is 5.82 Å². The highest BCUT2D eigenvalue weighted by Gasteiger charge is 2.23. The number of rotatable bonds is 3. The smallest absolute Gasteiger partial charge is 0.129 e. The Hall–Kier alpha value is -0.840. The predicted molar refractivity (Wildman–Crippen MR) is 74.2 cm³/mol. The van der Waals surface area contributed by atoms with Crippen LogP contribution in [-0.2, 0) is 11.3 Å². The van der Waals surface area contributed by atoms with Gasteiger partial charge in [-0.25, -0.2) is 4.98 Å². The van der Waals surface area contributed by atoms with Crippen molar-refractivity contribution in [2.75, 3.05) is 25.0 Å². The minimum absolute atomic E-state index is 0.235. The first kappa shape index (κ1) is 13.6. The van der Waals surface area contributed by atoms with Gasteiger partial charge in [-0.2, -0.15) is 0 Å². The Morgan fingerprint density at radius 3 is 2.72 bits per heavy atom. The number of nitrogens with one attached hydrogen (secondary N) is 1. The topological polar surface area (TPSA) is 37.4 Å². The summed E-state index contributed by atoms with van der Waals surface area (Å²) in [5.41, 5.74) is 1.08. The van der Waals surface area contributed by atoms with Crippen molar-refractivity contribution >= 4 is 17.4 Å². The van der Waals surface area contributed by atoms with Gasteiger partial charge in [-0.3, -0.25) is 0 Å². The van der Waals surface area contributed by atoms with Crippen molar-refractivity contribution in [3.8, 4) is 0 Å². The lowest BCUT2D eigenvalue weighted by molar-refractivity contribution is -0.00546. The fraction of sp³-hybridized carbons (Fsp3) is 0.615. The molecule has 1 N–H and O–H groups in total. The number of anilines is 1. The van der Waals surface area contributed by atoms with E-state index in [1.165, 1.54) is 0 Å². The number of hydrogen-bond donors (Lipinski definition) is 1. The fourth-order valence-corrected chi connectivity index (χ4v) is 2.50. The van der Waals surface area contributed by atoms with E-state index in [0.29, 0.717) is 5.02 Å². The molecule has 2 atom stereocenters. The van der Waals surface area contributed by atoms with Gasteiger partial charge in [-0.1, -0.05) is 11.6 Å². The Morgan fingerprint density at radius 1 is 1.44 bits per heavy atom. The summed E-state index contributed by atoms with van der Waals surface area (Å²) in [5.74, 6) is 0.978. The molecule has 18 heavy (non-hydrogen) atoms. The van der Waals surface area contributed by atoms with E-state index in [0.717, 1.165) is 31.0 Å². The number of morpholine rings is 1. The minimum Gasteiger partial charge on any atom is -0.372 e. The molecule has 0 amide bonds. The molecule has 5 heteroatoms.